The van der Waals surface area contributed by atoms with Crippen LogP contribution in [-0.4, -0.2) is 29.1 Å². The van der Waals surface area contributed by atoms with Gasteiger partial charge in [0.05, 0.1) is 11.2 Å². The lowest BCUT2D eigenvalue weighted by Gasteiger charge is -2.04. The van der Waals surface area contributed by atoms with Gasteiger partial charge in [0.25, 0.3) is 5.91 Å². The molecule has 0 atom stereocenters. The molecule has 1 heterocycles. The minimum Gasteiger partial charge on any atom is -0.384 e. The van der Waals surface area contributed by atoms with Crippen LogP contribution >= 0.6 is 11.3 Å². The van der Waals surface area contributed by atoms with Crippen LogP contribution in [0.2, 0.25) is 0 Å². The SMILES string of the molecule is O=C(NCCc1cscn1)c1cccc(C#CCO)c1. The van der Waals surface area contributed by atoms with Crippen LogP contribution in [0.25, 0.3) is 0 Å². The first-order valence-corrected chi connectivity index (χ1v) is 7.09. The molecule has 0 bridgehead atoms. The third kappa shape index (κ3) is 4.19. The maximum atomic E-state index is 12.0. The van der Waals surface area contributed by atoms with Crippen LogP contribution in [0.5, 0.6) is 0 Å². The lowest BCUT2D eigenvalue weighted by Crippen LogP contribution is -2.25. The molecule has 2 N–H and O–H groups in total. The van der Waals surface area contributed by atoms with Gasteiger partial charge in [-0.05, 0) is 18.2 Å². The van der Waals surface area contributed by atoms with E-state index in [1.807, 2.05) is 5.38 Å². The van der Waals surface area contributed by atoms with Crippen molar-refractivity contribution in [1.29, 1.82) is 0 Å². The molecule has 0 aliphatic rings. The molecule has 0 saturated carbocycles. The fourth-order valence-electron chi connectivity index (χ4n) is 1.65. The van der Waals surface area contributed by atoms with Crippen LogP contribution in [0.15, 0.2) is 35.2 Å². The predicted octanol–water partition coefficient (Wildman–Crippen LogP) is 1.46. The summed E-state index contributed by atoms with van der Waals surface area (Å²) in [6.07, 6.45) is 0.721. The van der Waals surface area contributed by atoms with E-state index in [2.05, 4.69) is 22.1 Å². The highest BCUT2D eigenvalue weighted by molar-refractivity contribution is 7.07. The fraction of sp³-hybridized carbons (Fsp3) is 0.200. The summed E-state index contributed by atoms with van der Waals surface area (Å²) in [5.41, 5.74) is 4.04. The van der Waals surface area contributed by atoms with Crippen molar-refractivity contribution in [3.8, 4) is 11.8 Å². The zero-order valence-electron chi connectivity index (χ0n) is 10.8. The van der Waals surface area contributed by atoms with Gasteiger partial charge in [-0.2, -0.15) is 0 Å². The van der Waals surface area contributed by atoms with E-state index in [0.717, 1.165) is 12.1 Å². The standard InChI is InChI=1S/C15H14N2O2S/c18-8-2-4-12-3-1-5-13(9-12)15(19)16-7-6-14-10-20-11-17-14/h1,3,5,9-11,18H,6-8H2,(H,16,19). The number of thiazole rings is 1. The predicted molar refractivity (Wildman–Crippen MR) is 78.6 cm³/mol. The van der Waals surface area contributed by atoms with Gasteiger partial charge in [0, 0.05) is 29.5 Å². The summed E-state index contributed by atoms with van der Waals surface area (Å²) >= 11 is 1.54. The Morgan fingerprint density at radius 1 is 1.45 bits per heavy atom. The third-order valence-electron chi connectivity index (χ3n) is 2.59. The lowest BCUT2D eigenvalue weighted by atomic mass is 10.1. The highest BCUT2D eigenvalue weighted by Gasteiger charge is 2.05. The molecule has 0 fully saturated rings. The third-order valence-corrected chi connectivity index (χ3v) is 3.22. The van der Waals surface area contributed by atoms with E-state index in [-0.39, 0.29) is 12.5 Å². The van der Waals surface area contributed by atoms with E-state index < -0.39 is 0 Å². The molecule has 102 valence electrons. The molecule has 2 aromatic rings. The Morgan fingerprint density at radius 2 is 2.35 bits per heavy atom. The first-order chi connectivity index (χ1) is 9.79. The number of nitrogens with one attached hydrogen (secondary N) is 1. The molecular formula is C15H14N2O2S. The number of hydrogen-bond donors (Lipinski definition) is 2. The number of amides is 1. The minimum absolute atomic E-state index is 0.132. The van der Waals surface area contributed by atoms with Crippen molar-refractivity contribution < 1.29 is 9.90 Å². The molecule has 5 heteroatoms. The molecule has 0 saturated heterocycles. The van der Waals surface area contributed by atoms with Crippen molar-refractivity contribution in [2.75, 3.05) is 13.2 Å². The minimum atomic E-state index is -0.190. The molecule has 20 heavy (non-hydrogen) atoms. The van der Waals surface area contributed by atoms with E-state index in [1.165, 1.54) is 0 Å². The molecule has 1 aromatic heterocycles. The highest BCUT2D eigenvalue weighted by Crippen LogP contribution is 2.05. The van der Waals surface area contributed by atoms with E-state index in [9.17, 15) is 4.79 Å². The Morgan fingerprint density at radius 3 is 3.10 bits per heavy atom. The van der Waals surface area contributed by atoms with E-state index in [4.69, 9.17) is 5.11 Å². The number of rotatable bonds is 4. The molecule has 0 aliphatic heterocycles. The van der Waals surface area contributed by atoms with E-state index in [0.29, 0.717) is 17.7 Å². The van der Waals surface area contributed by atoms with E-state index in [1.54, 1.807) is 41.1 Å². The van der Waals surface area contributed by atoms with Gasteiger partial charge in [0.1, 0.15) is 6.61 Å². The molecule has 1 aromatic carbocycles. The van der Waals surface area contributed by atoms with Gasteiger partial charge in [-0.3, -0.25) is 4.79 Å². The number of carbonyl (C=O) groups is 1. The molecule has 0 radical (unpaired) electrons. The Bertz CT molecular complexity index is 627. The van der Waals surface area contributed by atoms with E-state index >= 15 is 0 Å². The summed E-state index contributed by atoms with van der Waals surface area (Å²) in [4.78, 5) is 16.1. The van der Waals surface area contributed by atoms with Crippen molar-refractivity contribution in [3.05, 3.63) is 52.0 Å². The van der Waals surface area contributed by atoms with Crippen molar-refractivity contribution in [1.82, 2.24) is 10.3 Å². The molecule has 0 spiro atoms. The number of nitrogens with zero attached hydrogens (tertiary/aromatic N) is 1. The normalized spacial score (nSPS) is 9.65. The van der Waals surface area contributed by atoms with Crippen LogP contribution in [0.1, 0.15) is 21.6 Å². The van der Waals surface area contributed by atoms with Crippen LogP contribution in [0.4, 0.5) is 0 Å². The topological polar surface area (TPSA) is 62.2 Å². The van der Waals surface area contributed by atoms with Crippen LogP contribution in [-0.2, 0) is 6.42 Å². The number of aliphatic hydroxyl groups is 1. The van der Waals surface area contributed by atoms with Crippen LogP contribution in [0, 0.1) is 11.8 Å². The van der Waals surface area contributed by atoms with Crippen molar-refractivity contribution in [2.45, 2.75) is 6.42 Å². The van der Waals surface area contributed by atoms with Gasteiger partial charge < -0.3 is 10.4 Å². The second-order valence-corrected chi connectivity index (χ2v) is 4.75. The Labute approximate surface area is 121 Å². The van der Waals surface area contributed by atoms with Gasteiger partial charge in [-0.25, -0.2) is 4.98 Å². The average molecular weight is 286 g/mol. The molecular weight excluding hydrogens is 272 g/mol. The smallest absolute Gasteiger partial charge is 0.251 e. The Kier molecular flexibility index (Phi) is 5.30. The summed E-state index contributed by atoms with van der Waals surface area (Å²) < 4.78 is 0. The molecule has 4 nitrogen and oxygen atoms in total. The maximum Gasteiger partial charge on any atom is 0.251 e. The molecule has 2 rings (SSSR count). The summed E-state index contributed by atoms with van der Waals surface area (Å²) in [5.74, 6) is 5.21. The zero-order chi connectivity index (χ0) is 14.2. The van der Waals surface area contributed by atoms with Gasteiger partial charge in [0.2, 0.25) is 0 Å². The van der Waals surface area contributed by atoms with Crippen LogP contribution < -0.4 is 5.32 Å². The Hall–Kier alpha value is -2.16. The number of aliphatic hydroxyl groups excluding tert-OH is 1. The van der Waals surface area contributed by atoms with Gasteiger partial charge in [-0.15, -0.1) is 11.3 Å². The monoisotopic (exact) mass is 286 g/mol. The number of hydrogen-bond acceptors (Lipinski definition) is 4. The largest absolute Gasteiger partial charge is 0.384 e. The van der Waals surface area contributed by atoms with Crippen LogP contribution in [0.3, 0.4) is 0 Å². The molecule has 1 amide bonds. The molecule has 0 aliphatic carbocycles. The lowest BCUT2D eigenvalue weighted by molar-refractivity contribution is 0.0954. The molecule has 0 unspecified atom stereocenters. The number of aromatic nitrogens is 1. The first-order valence-electron chi connectivity index (χ1n) is 6.14. The van der Waals surface area contributed by atoms with Gasteiger partial charge >= 0.3 is 0 Å². The van der Waals surface area contributed by atoms with Crippen molar-refractivity contribution >= 4 is 17.2 Å². The maximum absolute atomic E-state index is 12.0. The average Bonchev–Trinajstić information content (AvgIpc) is 2.98. The van der Waals surface area contributed by atoms with Crippen molar-refractivity contribution in [2.24, 2.45) is 0 Å². The summed E-state index contributed by atoms with van der Waals surface area (Å²) in [6.45, 7) is 0.360. The van der Waals surface area contributed by atoms with Crippen molar-refractivity contribution in [3.63, 3.8) is 0 Å². The quantitative estimate of drug-likeness (QED) is 0.837. The fourth-order valence-corrected chi connectivity index (χ4v) is 2.24. The highest BCUT2D eigenvalue weighted by atomic mass is 32.1. The summed E-state index contributed by atoms with van der Waals surface area (Å²) in [7, 11) is 0. The Balaban J connectivity index is 1.91. The number of carbonyl (C=O) groups excluding carboxylic acids is 1. The number of benzene rings is 1. The zero-order valence-corrected chi connectivity index (χ0v) is 11.6. The summed E-state index contributed by atoms with van der Waals surface area (Å²) in [6, 6.07) is 7.02. The summed E-state index contributed by atoms with van der Waals surface area (Å²) in [5, 5.41) is 13.5. The second-order valence-electron chi connectivity index (χ2n) is 4.03. The van der Waals surface area contributed by atoms with Gasteiger partial charge in [0.15, 0.2) is 0 Å². The second kappa shape index (κ2) is 7.43. The van der Waals surface area contributed by atoms with Gasteiger partial charge in [-0.1, -0.05) is 17.9 Å². The first kappa shape index (κ1) is 14.3.